The summed E-state index contributed by atoms with van der Waals surface area (Å²) in [5, 5.41) is 20.9. The van der Waals surface area contributed by atoms with E-state index in [2.05, 4.69) is 6.92 Å². The Kier molecular flexibility index (Phi) is 2.35. The van der Waals surface area contributed by atoms with Crippen molar-refractivity contribution in [1.29, 1.82) is 0 Å². The molecule has 2 N–H and O–H groups in total. The molecular weight excluding hydrogens is 276 g/mol. The standard InChI is InChI=1S/C19H28O3/c1-17(16(21)22)5-3-4-10-11(17)7-15(20)19-8-14-13(6-12(10)19)18(14,2)9-19/h10-15,20H,3-9H2,1-2H3,(H,21,22). The molecular formula is C19H28O3. The lowest BCUT2D eigenvalue weighted by Gasteiger charge is -2.61. The molecule has 1 spiro atoms. The van der Waals surface area contributed by atoms with E-state index in [4.69, 9.17) is 0 Å². The highest BCUT2D eigenvalue weighted by molar-refractivity contribution is 5.74. The summed E-state index contributed by atoms with van der Waals surface area (Å²) in [7, 11) is 0. The van der Waals surface area contributed by atoms with Gasteiger partial charge in [-0.1, -0.05) is 13.3 Å². The van der Waals surface area contributed by atoms with Crippen molar-refractivity contribution < 1.29 is 15.0 Å². The third kappa shape index (κ3) is 1.29. The minimum Gasteiger partial charge on any atom is -0.481 e. The van der Waals surface area contributed by atoms with E-state index in [0.29, 0.717) is 17.3 Å². The number of aliphatic hydroxyl groups is 1. The van der Waals surface area contributed by atoms with E-state index in [1.807, 2.05) is 6.92 Å². The second-order valence-electron chi connectivity index (χ2n) is 9.81. The van der Waals surface area contributed by atoms with Gasteiger partial charge in [-0.25, -0.2) is 0 Å². The first-order valence-electron chi connectivity index (χ1n) is 9.24. The maximum absolute atomic E-state index is 11.9. The number of carboxylic acid groups (broad SMARTS) is 1. The molecule has 122 valence electrons. The molecule has 0 aliphatic heterocycles. The molecule has 0 heterocycles. The Hall–Kier alpha value is -0.570. The molecule has 3 nitrogen and oxygen atoms in total. The van der Waals surface area contributed by atoms with E-state index in [1.165, 1.54) is 25.7 Å². The molecule has 9 unspecified atom stereocenters. The topological polar surface area (TPSA) is 57.5 Å². The number of hydrogen-bond donors (Lipinski definition) is 2. The molecule has 6 saturated carbocycles. The predicted molar refractivity (Wildman–Crippen MR) is 82.1 cm³/mol. The maximum atomic E-state index is 11.9. The van der Waals surface area contributed by atoms with Crippen molar-refractivity contribution in [2.24, 2.45) is 45.8 Å². The molecule has 0 saturated heterocycles. The van der Waals surface area contributed by atoms with Crippen LogP contribution in [0.5, 0.6) is 0 Å². The second kappa shape index (κ2) is 3.74. The van der Waals surface area contributed by atoms with E-state index < -0.39 is 11.4 Å². The van der Waals surface area contributed by atoms with Crippen molar-refractivity contribution in [1.82, 2.24) is 0 Å². The highest BCUT2D eigenvalue weighted by Crippen LogP contribution is 2.84. The van der Waals surface area contributed by atoms with Gasteiger partial charge in [0.05, 0.1) is 11.5 Å². The highest BCUT2D eigenvalue weighted by Gasteiger charge is 2.78. The van der Waals surface area contributed by atoms with Crippen LogP contribution in [0.1, 0.15) is 58.8 Å². The van der Waals surface area contributed by atoms with Crippen LogP contribution in [0, 0.1) is 45.8 Å². The Balaban J connectivity index is 1.54. The third-order valence-electron chi connectivity index (χ3n) is 9.34. The van der Waals surface area contributed by atoms with Gasteiger partial charge >= 0.3 is 5.97 Å². The second-order valence-corrected chi connectivity index (χ2v) is 9.81. The van der Waals surface area contributed by atoms with Crippen LogP contribution in [0.15, 0.2) is 0 Å². The van der Waals surface area contributed by atoms with Gasteiger partial charge in [0.1, 0.15) is 0 Å². The van der Waals surface area contributed by atoms with Gasteiger partial charge in [-0.3, -0.25) is 4.79 Å². The number of rotatable bonds is 1. The number of fused-ring (bicyclic) bond motifs is 1. The van der Waals surface area contributed by atoms with Crippen LogP contribution in [-0.4, -0.2) is 22.3 Å². The van der Waals surface area contributed by atoms with Gasteiger partial charge in [-0.15, -0.1) is 0 Å². The fraction of sp³-hybridized carbons (Fsp3) is 0.947. The SMILES string of the molecule is CC1(C(=O)O)CCCC2C1CC(O)C13CC4C(CC21)C4(C)C3. The van der Waals surface area contributed by atoms with Gasteiger partial charge in [-0.2, -0.15) is 0 Å². The van der Waals surface area contributed by atoms with Gasteiger partial charge in [-0.05, 0) is 80.5 Å². The Morgan fingerprint density at radius 2 is 1.86 bits per heavy atom. The molecule has 9 atom stereocenters. The number of carboxylic acids is 1. The van der Waals surface area contributed by atoms with Crippen molar-refractivity contribution in [3.05, 3.63) is 0 Å². The highest BCUT2D eigenvalue weighted by atomic mass is 16.4. The average molecular weight is 304 g/mol. The normalized spacial score (nSPS) is 64.7. The van der Waals surface area contributed by atoms with Crippen molar-refractivity contribution in [3.63, 3.8) is 0 Å². The van der Waals surface area contributed by atoms with Gasteiger partial charge in [0.25, 0.3) is 0 Å². The van der Waals surface area contributed by atoms with Gasteiger partial charge < -0.3 is 10.2 Å². The largest absolute Gasteiger partial charge is 0.481 e. The fourth-order valence-electron chi connectivity index (χ4n) is 8.14. The average Bonchev–Trinajstić information content (AvgIpc) is 2.91. The summed E-state index contributed by atoms with van der Waals surface area (Å²) in [4.78, 5) is 11.9. The number of hydrogen-bond acceptors (Lipinski definition) is 2. The van der Waals surface area contributed by atoms with Crippen molar-refractivity contribution >= 4 is 5.97 Å². The summed E-state index contributed by atoms with van der Waals surface area (Å²) in [6.45, 7) is 4.39. The lowest BCUT2D eigenvalue weighted by atomic mass is 9.44. The minimum absolute atomic E-state index is 0.145. The van der Waals surface area contributed by atoms with Crippen LogP contribution in [0.4, 0.5) is 0 Å². The lowest BCUT2D eigenvalue weighted by Crippen LogP contribution is -2.59. The molecule has 0 aromatic carbocycles. The molecule has 0 radical (unpaired) electrons. The van der Waals surface area contributed by atoms with Crippen LogP contribution < -0.4 is 0 Å². The monoisotopic (exact) mass is 304 g/mol. The maximum Gasteiger partial charge on any atom is 0.309 e. The smallest absolute Gasteiger partial charge is 0.309 e. The summed E-state index contributed by atoms with van der Waals surface area (Å²) in [6.07, 6.45) is 7.23. The molecule has 22 heavy (non-hydrogen) atoms. The molecule has 6 aliphatic carbocycles. The van der Waals surface area contributed by atoms with Gasteiger partial charge in [0.2, 0.25) is 0 Å². The first-order valence-corrected chi connectivity index (χ1v) is 9.24. The van der Waals surface area contributed by atoms with E-state index in [1.54, 1.807) is 0 Å². The van der Waals surface area contributed by atoms with E-state index in [0.717, 1.165) is 31.1 Å². The Bertz CT molecular complexity index is 559. The predicted octanol–water partition coefficient (Wildman–Crippen LogP) is 3.31. The summed E-state index contributed by atoms with van der Waals surface area (Å²) in [5.74, 6) is 2.43. The fourth-order valence-corrected chi connectivity index (χ4v) is 8.14. The van der Waals surface area contributed by atoms with E-state index in [-0.39, 0.29) is 17.4 Å². The van der Waals surface area contributed by atoms with Crippen molar-refractivity contribution in [2.75, 3.05) is 0 Å². The first kappa shape index (κ1) is 13.8. The summed E-state index contributed by atoms with van der Waals surface area (Å²) in [5.41, 5.74) is 0.0557. The van der Waals surface area contributed by atoms with E-state index in [9.17, 15) is 15.0 Å². The van der Waals surface area contributed by atoms with Crippen LogP contribution in [0.2, 0.25) is 0 Å². The molecule has 0 aromatic rings. The molecule has 6 aliphatic rings. The van der Waals surface area contributed by atoms with Gasteiger partial charge in [0.15, 0.2) is 0 Å². The number of aliphatic hydroxyl groups excluding tert-OH is 1. The first-order chi connectivity index (χ1) is 10.3. The number of carbonyl (C=O) groups is 1. The molecule has 4 bridgehead atoms. The molecule has 3 heteroatoms. The minimum atomic E-state index is -0.635. The zero-order valence-corrected chi connectivity index (χ0v) is 13.7. The van der Waals surface area contributed by atoms with Crippen LogP contribution in [-0.2, 0) is 4.79 Å². The van der Waals surface area contributed by atoms with Crippen LogP contribution in [0.25, 0.3) is 0 Å². The van der Waals surface area contributed by atoms with Crippen LogP contribution >= 0.6 is 0 Å². The zero-order chi connectivity index (χ0) is 15.5. The molecule has 0 amide bonds. The summed E-state index contributed by atoms with van der Waals surface area (Å²) >= 11 is 0. The van der Waals surface area contributed by atoms with E-state index >= 15 is 0 Å². The quantitative estimate of drug-likeness (QED) is 0.781. The Morgan fingerprint density at radius 3 is 2.50 bits per heavy atom. The molecule has 6 fully saturated rings. The van der Waals surface area contributed by atoms with Crippen molar-refractivity contribution in [3.8, 4) is 0 Å². The summed E-state index contributed by atoms with van der Waals surface area (Å²) in [6, 6.07) is 0. The van der Waals surface area contributed by atoms with Gasteiger partial charge in [0, 0.05) is 5.41 Å². The number of aliphatic carboxylic acids is 1. The third-order valence-corrected chi connectivity index (χ3v) is 9.34. The Labute approximate surface area is 132 Å². The lowest BCUT2D eigenvalue weighted by molar-refractivity contribution is -0.187. The summed E-state index contributed by atoms with van der Waals surface area (Å²) < 4.78 is 0. The van der Waals surface area contributed by atoms with Crippen molar-refractivity contribution in [2.45, 2.75) is 64.9 Å². The molecule has 6 rings (SSSR count). The zero-order valence-electron chi connectivity index (χ0n) is 13.7. The van der Waals surface area contributed by atoms with Crippen LogP contribution in [0.3, 0.4) is 0 Å². The molecule has 0 aromatic heterocycles. The Morgan fingerprint density at radius 1 is 1.09 bits per heavy atom.